The van der Waals surface area contributed by atoms with Gasteiger partial charge in [-0.25, -0.2) is 0 Å². The van der Waals surface area contributed by atoms with E-state index in [4.69, 9.17) is 20.9 Å². The molecule has 3 aromatic rings. The monoisotopic (exact) mass is 383 g/mol. The number of halogens is 1. The lowest BCUT2D eigenvalue weighted by molar-refractivity contribution is 0.101. The molecular weight excluding hydrogens is 366 g/mol. The lowest BCUT2D eigenvalue weighted by Crippen LogP contribution is -2.36. The number of hydrogen-bond donors (Lipinski definition) is 1. The van der Waals surface area contributed by atoms with Crippen molar-refractivity contribution >= 4 is 28.9 Å². The number of morpholine rings is 1. The zero-order valence-corrected chi connectivity index (χ0v) is 15.3. The summed E-state index contributed by atoms with van der Waals surface area (Å²) in [6, 6.07) is 16.5. The van der Waals surface area contributed by atoms with Gasteiger partial charge < -0.3 is 19.5 Å². The van der Waals surface area contributed by atoms with E-state index in [9.17, 15) is 4.79 Å². The smallest absolute Gasteiger partial charge is 0.277 e. The normalized spacial score (nSPS) is 14.2. The van der Waals surface area contributed by atoms with Gasteiger partial charge in [-0.05, 0) is 36.4 Å². The molecule has 0 spiro atoms. The van der Waals surface area contributed by atoms with Crippen LogP contribution in [0.2, 0.25) is 5.02 Å². The zero-order valence-electron chi connectivity index (χ0n) is 14.5. The van der Waals surface area contributed by atoms with Crippen molar-refractivity contribution in [3.8, 4) is 11.3 Å². The topological polar surface area (TPSA) is 67.6 Å². The Balaban J connectivity index is 1.52. The van der Waals surface area contributed by atoms with E-state index in [1.165, 1.54) is 0 Å². The third-order valence-corrected chi connectivity index (χ3v) is 4.63. The highest BCUT2D eigenvalue weighted by atomic mass is 35.5. The maximum Gasteiger partial charge on any atom is 0.277 e. The minimum Gasteiger partial charge on any atom is -0.378 e. The molecule has 0 radical (unpaired) electrons. The first-order chi connectivity index (χ1) is 13.2. The molecule has 1 aromatic heterocycles. The highest BCUT2D eigenvalue weighted by Gasteiger charge is 2.18. The van der Waals surface area contributed by atoms with E-state index in [-0.39, 0.29) is 11.6 Å². The predicted octanol–water partition coefficient (Wildman–Crippen LogP) is 4.08. The van der Waals surface area contributed by atoms with Crippen LogP contribution in [-0.2, 0) is 4.74 Å². The lowest BCUT2D eigenvalue weighted by atomic mass is 10.1. The molecule has 6 nitrogen and oxygen atoms in total. The Morgan fingerprint density at radius 3 is 2.59 bits per heavy atom. The Labute approximate surface area is 161 Å². The molecule has 0 atom stereocenters. The molecule has 2 heterocycles. The Hall–Kier alpha value is -2.83. The van der Waals surface area contributed by atoms with Crippen LogP contribution in [-0.4, -0.2) is 37.4 Å². The molecule has 7 heteroatoms. The number of ether oxygens (including phenoxy) is 1. The fourth-order valence-corrected chi connectivity index (χ4v) is 3.10. The molecule has 1 N–H and O–H groups in total. The number of aromatic nitrogens is 1. The van der Waals surface area contributed by atoms with Crippen molar-refractivity contribution in [2.75, 3.05) is 36.5 Å². The zero-order chi connectivity index (χ0) is 18.6. The van der Waals surface area contributed by atoms with Gasteiger partial charge in [0.05, 0.1) is 24.6 Å². The fraction of sp³-hybridized carbons (Fsp3) is 0.200. The largest absolute Gasteiger partial charge is 0.378 e. The summed E-state index contributed by atoms with van der Waals surface area (Å²) < 4.78 is 10.7. The minimum atomic E-state index is -0.320. The molecule has 1 amide bonds. The van der Waals surface area contributed by atoms with E-state index in [2.05, 4.69) is 15.4 Å². The van der Waals surface area contributed by atoms with Gasteiger partial charge in [0, 0.05) is 29.7 Å². The van der Waals surface area contributed by atoms with Gasteiger partial charge in [-0.1, -0.05) is 28.9 Å². The molecule has 0 aliphatic carbocycles. The van der Waals surface area contributed by atoms with E-state index in [1.807, 2.05) is 36.4 Å². The number of para-hydroxylation sites is 2. The van der Waals surface area contributed by atoms with Crippen molar-refractivity contribution < 1.29 is 14.1 Å². The number of carbonyl (C=O) groups excluding carboxylic acids is 1. The van der Waals surface area contributed by atoms with Gasteiger partial charge >= 0.3 is 0 Å². The second kappa shape index (κ2) is 7.82. The molecule has 1 saturated heterocycles. The van der Waals surface area contributed by atoms with Gasteiger partial charge in [0.15, 0.2) is 11.5 Å². The molecule has 0 unspecified atom stereocenters. The maximum absolute atomic E-state index is 12.6. The van der Waals surface area contributed by atoms with E-state index < -0.39 is 0 Å². The number of rotatable bonds is 4. The fourth-order valence-electron chi connectivity index (χ4n) is 2.98. The molecule has 27 heavy (non-hydrogen) atoms. The van der Waals surface area contributed by atoms with Crippen molar-refractivity contribution in [3.05, 3.63) is 65.3 Å². The van der Waals surface area contributed by atoms with Crippen LogP contribution in [0.15, 0.2) is 59.1 Å². The molecule has 0 bridgehead atoms. The highest BCUT2D eigenvalue weighted by molar-refractivity contribution is 6.30. The maximum atomic E-state index is 12.6. The number of amides is 1. The Morgan fingerprint density at radius 2 is 1.81 bits per heavy atom. The summed E-state index contributed by atoms with van der Waals surface area (Å²) in [7, 11) is 0. The first kappa shape index (κ1) is 17.6. The van der Waals surface area contributed by atoms with Gasteiger partial charge in [-0.2, -0.15) is 0 Å². The van der Waals surface area contributed by atoms with Crippen molar-refractivity contribution in [2.24, 2.45) is 0 Å². The van der Waals surface area contributed by atoms with Crippen LogP contribution in [0.3, 0.4) is 0 Å². The van der Waals surface area contributed by atoms with Crippen molar-refractivity contribution in [2.45, 2.75) is 0 Å². The number of carbonyl (C=O) groups is 1. The van der Waals surface area contributed by atoms with E-state index in [0.717, 1.165) is 30.0 Å². The van der Waals surface area contributed by atoms with E-state index >= 15 is 0 Å². The van der Waals surface area contributed by atoms with Crippen LogP contribution in [0.4, 0.5) is 11.4 Å². The van der Waals surface area contributed by atoms with Gasteiger partial charge in [-0.3, -0.25) is 4.79 Å². The van der Waals surface area contributed by atoms with E-state index in [0.29, 0.717) is 24.0 Å². The predicted molar refractivity (Wildman–Crippen MR) is 104 cm³/mol. The number of benzene rings is 2. The van der Waals surface area contributed by atoms with Gasteiger partial charge in [0.2, 0.25) is 0 Å². The van der Waals surface area contributed by atoms with Crippen LogP contribution in [0.1, 0.15) is 10.5 Å². The summed E-state index contributed by atoms with van der Waals surface area (Å²) >= 11 is 5.90. The van der Waals surface area contributed by atoms with Crippen molar-refractivity contribution in [3.63, 3.8) is 0 Å². The minimum absolute atomic E-state index is 0.219. The SMILES string of the molecule is O=C(Nc1ccccc1N1CCOCC1)c1cc(-c2ccc(Cl)cc2)on1. The Bertz CT molecular complexity index is 934. The molecule has 1 aliphatic rings. The molecular formula is C20H18ClN3O3. The summed E-state index contributed by atoms with van der Waals surface area (Å²) in [5, 5.41) is 7.47. The Morgan fingerprint density at radius 1 is 1.07 bits per heavy atom. The van der Waals surface area contributed by atoms with Crippen LogP contribution in [0, 0.1) is 0 Å². The van der Waals surface area contributed by atoms with Gasteiger partial charge in [-0.15, -0.1) is 0 Å². The van der Waals surface area contributed by atoms with Gasteiger partial charge in [0.1, 0.15) is 0 Å². The van der Waals surface area contributed by atoms with Crippen LogP contribution < -0.4 is 10.2 Å². The highest BCUT2D eigenvalue weighted by Crippen LogP contribution is 2.27. The standard InChI is InChI=1S/C20H18ClN3O3/c21-15-7-5-14(6-8-15)19-13-17(23-27-19)20(25)22-16-3-1-2-4-18(16)24-9-11-26-12-10-24/h1-8,13H,9-12H2,(H,22,25). The quantitative estimate of drug-likeness (QED) is 0.735. The van der Waals surface area contributed by atoms with Crippen LogP contribution in [0.5, 0.6) is 0 Å². The molecule has 1 fully saturated rings. The third kappa shape index (κ3) is 3.97. The summed E-state index contributed by atoms with van der Waals surface area (Å²) in [4.78, 5) is 14.8. The second-order valence-corrected chi connectivity index (χ2v) is 6.59. The summed E-state index contributed by atoms with van der Waals surface area (Å²) in [6.07, 6.45) is 0. The van der Waals surface area contributed by atoms with E-state index in [1.54, 1.807) is 18.2 Å². The number of anilines is 2. The Kier molecular flexibility index (Phi) is 5.09. The third-order valence-electron chi connectivity index (χ3n) is 4.38. The number of nitrogens with zero attached hydrogens (tertiary/aromatic N) is 2. The molecule has 138 valence electrons. The first-order valence-corrected chi connectivity index (χ1v) is 9.04. The van der Waals surface area contributed by atoms with Crippen molar-refractivity contribution in [1.82, 2.24) is 5.16 Å². The molecule has 0 saturated carbocycles. The van der Waals surface area contributed by atoms with Crippen LogP contribution in [0.25, 0.3) is 11.3 Å². The molecule has 1 aliphatic heterocycles. The summed E-state index contributed by atoms with van der Waals surface area (Å²) in [5.74, 6) is 0.193. The van der Waals surface area contributed by atoms with Crippen LogP contribution >= 0.6 is 11.6 Å². The number of hydrogen-bond acceptors (Lipinski definition) is 5. The average Bonchev–Trinajstić information content (AvgIpc) is 3.20. The number of nitrogens with one attached hydrogen (secondary N) is 1. The average molecular weight is 384 g/mol. The lowest BCUT2D eigenvalue weighted by Gasteiger charge is -2.30. The second-order valence-electron chi connectivity index (χ2n) is 6.15. The first-order valence-electron chi connectivity index (χ1n) is 8.66. The van der Waals surface area contributed by atoms with Gasteiger partial charge in [0.25, 0.3) is 5.91 Å². The van der Waals surface area contributed by atoms with Crippen molar-refractivity contribution in [1.29, 1.82) is 0 Å². The summed E-state index contributed by atoms with van der Waals surface area (Å²) in [5.41, 5.74) is 2.73. The molecule has 4 rings (SSSR count). The molecule has 2 aromatic carbocycles. The summed E-state index contributed by atoms with van der Waals surface area (Å²) in [6.45, 7) is 2.93.